The van der Waals surface area contributed by atoms with Crippen molar-refractivity contribution in [2.45, 2.75) is 18.7 Å². The van der Waals surface area contributed by atoms with E-state index in [1.54, 1.807) is 0 Å². The van der Waals surface area contributed by atoms with E-state index in [4.69, 9.17) is 9.47 Å². The second-order valence-corrected chi connectivity index (χ2v) is 7.07. The molecule has 124 valence electrons. The highest BCUT2D eigenvalue weighted by Gasteiger charge is 2.25. The van der Waals surface area contributed by atoms with Crippen LogP contribution in [0.2, 0.25) is 0 Å². The van der Waals surface area contributed by atoms with Gasteiger partial charge >= 0.3 is 0 Å². The summed E-state index contributed by atoms with van der Waals surface area (Å²) in [4.78, 5) is 14.2. The first-order valence-electron chi connectivity index (χ1n) is 7.76. The van der Waals surface area contributed by atoms with Gasteiger partial charge in [0, 0.05) is 10.5 Å². The number of halogens is 1. The minimum absolute atomic E-state index is 0.0681. The van der Waals surface area contributed by atoms with Crippen molar-refractivity contribution in [1.29, 1.82) is 0 Å². The van der Waals surface area contributed by atoms with Crippen LogP contribution < -0.4 is 9.47 Å². The highest BCUT2D eigenvalue weighted by Crippen LogP contribution is 2.42. The average molecular weight is 405 g/mol. The third-order valence-corrected chi connectivity index (χ3v) is 5.18. The van der Waals surface area contributed by atoms with E-state index >= 15 is 0 Å². The maximum Gasteiger partial charge on any atom is 0.200 e. The molecule has 0 saturated carbocycles. The summed E-state index contributed by atoms with van der Waals surface area (Å²) >= 11 is 5.04. The van der Waals surface area contributed by atoms with Crippen LogP contribution >= 0.6 is 27.7 Å². The van der Waals surface area contributed by atoms with Crippen LogP contribution in [0.4, 0.5) is 0 Å². The molecule has 0 bridgehead atoms. The van der Waals surface area contributed by atoms with Gasteiger partial charge in [-0.15, -0.1) is 0 Å². The number of Topliss-reactive ketones (excluding diaryl/α,β-unsaturated/α-hetero) is 1. The molecular formula is C19H17BrO3S. The Labute approximate surface area is 154 Å². The molecule has 3 rings (SSSR count). The van der Waals surface area contributed by atoms with Crippen LogP contribution in [0.3, 0.4) is 0 Å². The molecule has 1 heterocycles. The summed E-state index contributed by atoms with van der Waals surface area (Å²) in [6.45, 7) is 4.97. The molecule has 2 aromatic carbocycles. The lowest BCUT2D eigenvalue weighted by atomic mass is 10.1. The van der Waals surface area contributed by atoms with Gasteiger partial charge in [-0.25, -0.2) is 0 Å². The maximum atomic E-state index is 12.5. The van der Waals surface area contributed by atoms with Gasteiger partial charge in [0.2, 0.25) is 5.78 Å². The van der Waals surface area contributed by atoms with Gasteiger partial charge in [-0.1, -0.05) is 23.9 Å². The molecule has 0 unspecified atom stereocenters. The number of ketones is 1. The first kappa shape index (κ1) is 17.1. The predicted octanol–water partition coefficient (Wildman–Crippen LogP) is 5.58. The summed E-state index contributed by atoms with van der Waals surface area (Å²) in [6.07, 6.45) is 1.90. The van der Waals surface area contributed by atoms with Gasteiger partial charge in [-0.3, -0.25) is 4.79 Å². The van der Waals surface area contributed by atoms with Crippen molar-refractivity contribution < 1.29 is 14.3 Å². The summed E-state index contributed by atoms with van der Waals surface area (Å²) in [7, 11) is 0. The lowest BCUT2D eigenvalue weighted by Gasteiger charge is -2.13. The van der Waals surface area contributed by atoms with Crippen LogP contribution in [0.5, 0.6) is 11.5 Å². The van der Waals surface area contributed by atoms with E-state index in [1.807, 2.05) is 56.3 Å². The smallest absolute Gasteiger partial charge is 0.200 e. The van der Waals surface area contributed by atoms with E-state index < -0.39 is 0 Å². The van der Waals surface area contributed by atoms with Crippen molar-refractivity contribution >= 4 is 39.6 Å². The molecule has 0 radical (unpaired) electrons. The van der Waals surface area contributed by atoms with E-state index in [0.717, 1.165) is 25.4 Å². The van der Waals surface area contributed by atoms with Crippen molar-refractivity contribution in [2.24, 2.45) is 0 Å². The Balaban J connectivity index is 1.98. The van der Waals surface area contributed by atoms with Gasteiger partial charge in [0.25, 0.3) is 0 Å². The Kier molecular flexibility index (Phi) is 5.31. The SMILES string of the molecule is CCOc1cc(/C=C2\Sc3ccccc3C2=O)cc(Br)c1OCC. The fraction of sp³-hybridized carbons (Fsp3) is 0.211. The van der Waals surface area contributed by atoms with E-state index in [0.29, 0.717) is 24.7 Å². The van der Waals surface area contributed by atoms with Crippen LogP contribution in [0.25, 0.3) is 6.08 Å². The van der Waals surface area contributed by atoms with Crippen molar-refractivity contribution in [3.63, 3.8) is 0 Å². The minimum Gasteiger partial charge on any atom is -0.490 e. The van der Waals surface area contributed by atoms with E-state index in [-0.39, 0.29) is 5.78 Å². The van der Waals surface area contributed by atoms with Crippen LogP contribution in [-0.2, 0) is 0 Å². The molecule has 1 aliphatic rings. The summed E-state index contributed by atoms with van der Waals surface area (Å²) in [5, 5.41) is 0. The van der Waals surface area contributed by atoms with Gasteiger partial charge in [0.05, 0.1) is 22.6 Å². The molecule has 5 heteroatoms. The lowest BCUT2D eigenvalue weighted by molar-refractivity contribution is 0.104. The Morgan fingerprint density at radius 2 is 1.88 bits per heavy atom. The second kappa shape index (κ2) is 7.45. The Morgan fingerprint density at radius 3 is 2.58 bits per heavy atom. The molecule has 0 N–H and O–H groups in total. The largest absolute Gasteiger partial charge is 0.490 e. The molecule has 0 fully saturated rings. The Bertz CT molecular complexity index is 814. The van der Waals surface area contributed by atoms with E-state index in [2.05, 4.69) is 15.9 Å². The Hall–Kier alpha value is -1.72. The summed E-state index contributed by atoms with van der Waals surface area (Å²) in [6, 6.07) is 11.5. The zero-order chi connectivity index (χ0) is 17.1. The van der Waals surface area contributed by atoms with E-state index in [9.17, 15) is 4.79 Å². The van der Waals surface area contributed by atoms with Crippen LogP contribution in [0, 0.1) is 0 Å². The fourth-order valence-electron chi connectivity index (χ4n) is 2.51. The molecule has 24 heavy (non-hydrogen) atoms. The van der Waals surface area contributed by atoms with Gasteiger partial charge in [0.15, 0.2) is 11.5 Å². The van der Waals surface area contributed by atoms with Crippen molar-refractivity contribution in [3.05, 3.63) is 56.9 Å². The molecule has 0 spiro atoms. The summed E-state index contributed by atoms with van der Waals surface area (Å²) in [5.41, 5.74) is 1.67. The van der Waals surface area contributed by atoms with Gasteiger partial charge in [-0.2, -0.15) is 0 Å². The quantitative estimate of drug-likeness (QED) is 0.609. The first-order valence-corrected chi connectivity index (χ1v) is 9.37. The standard InChI is InChI=1S/C19H17BrO3S/c1-3-22-15-10-12(9-14(20)19(15)23-4-2)11-17-18(21)13-7-5-6-8-16(13)24-17/h5-11H,3-4H2,1-2H3/b17-11-. The molecule has 0 saturated heterocycles. The molecule has 2 aromatic rings. The van der Waals surface area contributed by atoms with E-state index in [1.165, 1.54) is 11.8 Å². The Morgan fingerprint density at radius 1 is 1.12 bits per heavy atom. The summed E-state index contributed by atoms with van der Waals surface area (Å²) in [5.74, 6) is 1.43. The third-order valence-electron chi connectivity index (χ3n) is 3.49. The summed E-state index contributed by atoms with van der Waals surface area (Å²) < 4.78 is 12.2. The van der Waals surface area contributed by atoms with Gasteiger partial charge < -0.3 is 9.47 Å². The fourth-order valence-corrected chi connectivity index (χ4v) is 4.13. The predicted molar refractivity (Wildman–Crippen MR) is 101 cm³/mol. The molecule has 0 amide bonds. The number of carbonyl (C=O) groups excluding carboxylic acids is 1. The molecule has 0 aliphatic carbocycles. The molecule has 3 nitrogen and oxygen atoms in total. The van der Waals surface area contributed by atoms with Crippen LogP contribution in [-0.4, -0.2) is 19.0 Å². The highest BCUT2D eigenvalue weighted by molar-refractivity contribution is 9.10. The third kappa shape index (κ3) is 3.37. The van der Waals surface area contributed by atoms with Crippen molar-refractivity contribution in [3.8, 4) is 11.5 Å². The molecule has 0 atom stereocenters. The zero-order valence-electron chi connectivity index (χ0n) is 13.5. The number of hydrogen-bond acceptors (Lipinski definition) is 4. The van der Waals surface area contributed by atoms with Crippen molar-refractivity contribution in [2.75, 3.05) is 13.2 Å². The number of benzene rings is 2. The first-order chi connectivity index (χ1) is 11.6. The zero-order valence-corrected chi connectivity index (χ0v) is 15.9. The number of allylic oxidation sites excluding steroid dienone is 1. The number of fused-ring (bicyclic) bond motifs is 1. The molecule has 0 aromatic heterocycles. The average Bonchev–Trinajstić information content (AvgIpc) is 2.88. The normalized spacial score (nSPS) is 14.8. The monoisotopic (exact) mass is 404 g/mol. The topological polar surface area (TPSA) is 35.5 Å². The number of rotatable bonds is 5. The minimum atomic E-state index is 0.0681. The number of ether oxygens (including phenoxy) is 2. The van der Waals surface area contributed by atoms with Gasteiger partial charge in [-0.05, 0) is 65.7 Å². The number of thioether (sulfide) groups is 1. The number of carbonyl (C=O) groups is 1. The maximum absolute atomic E-state index is 12.5. The van der Waals surface area contributed by atoms with Crippen LogP contribution in [0.15, 0.2) is 50.7 Å². The van der Waals surface area contributed by atoms with Gasteiger partial charge in [0.1, 0.15) is 0 Å². The number of hydrogen-bond donors (Lipinski definition) is 0. The lowest BCUT2D eigenvalue weighted by Crippen LogP contribution is -2.00. The molecule has 1 aliphatic heterocycles. The highest BCUT2D eigenvalue weighted by atomic mass is 79.9. The second-order valence-electron chi connectivity index (χ2n) is 5.13. The molecular weight excluding hydrogens is 388 g/mol. The van der Waals surface area contributed by atoms with Crippen molar-refractivity contribution in [1.82, 2.24) is 0 Å². The van der Waals surface area contributed by atoms with Crippen LogP contribution in [0.1, 0.15) is 29.8 Å².